The molecule has 0 aliphatic heterocycles. The third kappa shape index (κ3) is 5.66. The molecule has 20 heavy (non-hydrogen) atoms. The quantitative estimate of drug-likeness (QED) is 0.738. The highest BCUT2D eigenvalue weighted by Crippen LogP contribution is 2.28. The summed E-state index contributed by atoms with van der Waals surface area (Å²) >= 11 is 0. The lowest BCUT2D eigenvalue weighted by Gasteiger charge is -2.21. The van der Waals surface area contributed by atoms with E-state index in [2.05, 4.69) is 51.2 Å². The summed E-state index contributed by atoms with van der Waals surface area (Å²) in [5.41, 5.74) is 4.85. The highest BCUT2D eigenvalue weighted by molar-refractivity contribution is 5.38. The normalized spacial score (nSPS) is 13.7. The first-order valence-corrected chi connectivity index (χ1v) is 8.52. The van der Waals surface area contributed by atoms with Gasteiger partial charge in [0.05, 0.1) is 0 Å². The fourth-order valence-electron chi connectivity index (χ4n) is 2.83. The summed E-state index contributed by atoms with van der Waals surface area (Å²) in [5.74, 6) is 0.688. The maximum Gasteiger partial charge on any atom is -0.00516 e. The number of nitrogens with one attached hydrogen (secondary N) is 1. The number of rotatable bonds is 5. The molecular weight excluding hydrogens is 242 g/mol. The number of hydrogen-bond donors (Lipinski definition) is 1. The minimum absolute atomic E-state index is 0.688. The van der Waals surface area contributed by atoms with Crippen LogP contribution in [0.4, 0.5) is 0 Å². The molecule has 1 heteroatoms. The highest BCUT2D eigenvalue weighted by Gasteiger charge is 2.13. The molecule has 0 saturated heterocycles. The summed E-state index contributed by atoms with van der Waals surface area (Å²) in [7, 11) is 0. The molecule has 0 aromatic heterocycles. The molecule has 1 aliphatic rings. The van der Waals surface area contributed by atoms with Gasteiger partial charge in [-0.05, 0) is 74.2 Å². The first-order valence-electron chi connectivity index (χ1n) is 8.52. The number of fused-ring (bicyclic) bond motifs is 1. The van der Waals surface area contributed by atoms with Gasteiger partial charge in [-0.2, -0.15) is 0 Å². The highest BCUT2D eigenvalue weighted by atomic mass is 14.8. The summed E-state index contributed by atoms with van der Waals surface area (Å²) in [6.45, 7) is 11.3. The molecular formula is C19H33N. The number of aryl methyl sites for hydroxylation is 1. The Morgan fingerprint density at radius 2 is 1.65 bits per heavy atom. The Balaban J connectivity index is 0.000000246. The van der Waals surface area contributed by atoms with Crippen LogP contribution in [0, 0.1) is 0 Å². The van der Waals surface area contributed by atoms with Crippen molar-refractivity contribution in [3.8, 4) is 0 Å². The molecule has 0 amide bonds. The minimum Gasteiger partial charge on any atom is -0.317 e. The zero-order valence-electron chi connectivity index (χ0n) is 14.0. The molecule has 1 aliphatic carbocycles. The Morgan fingerprint density at radius 3 is 2.25 bits per heavy atom. The van der Waals surface area contributed by atoms with Gasteiger partial charge in [0, 0.05) is 0 Å². The van der Waals surface area contributed by atoms with E-state index in [0.717, 1.165) is 0 Å². The van der Waals surface area contributed by atoms with Crippen molar-refractivity contribution in [2.75, 3.05) is 13.1 Å². The molecule has 0 heterocycles. The second-order valence-corrected chi connectivity index (χ2v) is 6.10. The van der Waals surface area contributed by atoms with Gasteiger partial charge >= 0.3 is 0 Å². The van der Waals surface area contributed by atoms with Gasteiger partial charge in [0.15, 0.2) is 0 Å². The van der Waals surface area contributed by atoms with Crippen LogP contribution in [0.25, 0.3) is 0 Å². The van der Waals surface area contributed by atoms with Gasteiger partial charge < -0.3 is 5.32 Å². The third-order valence-corrected chi connectivity index (χ3v) is 3.91. The lowest BCUT2D eigenvalue weighted by atomic mass is 9.85. The summed E-state index contributed by atoms with van der Waals surface area (Å²) in [6.07, 6.45) is 7.88. The standard InChI is InChI=1S/C13H18.C6H15N/c1-10(2)12-9-5-7-11-6-3-4-8-13(11)12;1-3-5-7-6-4-2/h5,7,9-10H,3-4,6,8H2,1-2H3;7H,3-6H2,1-2H3. The average Bonchev–Trinajstić information content (AvgIpc) is 2.48. The molecule has 0 bridgehead atoms. The Hall–Kier alpha value is -0.820. The molecule has 1 aromatic rings. The molecule has 1 N–H and O–H groups in total. The van der Waals surface area contributed by atoms with Gasteiger partial charge in [-0.3, -0.25) is 0 Å². The van der Waals surface area contributed by atoms with E-state index in [4.69, 9.17) is 0 Å². The minimum atomic E-state index is 0.688. The topological polar surface area (TPSA) is 12.0 Å². The van der Waals surface area contributed by atoms with E-state index < -0.39 is 0 Å². The van der Waals surface area contributed by atoms with Gasteiger partial charge in [0.1, 0.15) is 0 Å². The predicted molar refractivity (Wildman–Crippen MR) is 90.6 cm³/mol. The van der Waals surface area contributed by atoms with Crippen LogP contribution in [0.2, 0.25) is 0 Å². The van der Waals surface area contributed by atoms with Gasteiger partial charge in [-0.25, -0.2) is 0 Å². The van der Waals surface area contributed by atoms with Crippen LogP contribution >= 0.6 is 0 Å². The Kier molecular flexibility index (Phi) is 8.60. The molecule has 1 nitrogen and oxygen atoms in total. The molecule has 0 atom stereocenters. The van der Waals surface area contributed by atoms with Crippen LogP contribution in [0.15, 0.2) is 18.2 Å². The predicted octanol–water partition coefficient (Wildman–Crippen LogP) is 5.08. The molecule has 114 valence electrons. The lowest BCUT2D eigenvalue weighted by molar-refractivity contribution is 0.662. The molecule has 0 unspecified atom stereocenters. The van der Waals surface area contributed by atoms with Crippen molar-refractivity contribution in [2.45, 2.75) is 72.1 Å². The molecule has 0 fully saturated rings. The Morgan fingerprint density at radius 1 is 1.00 bits per heavy atom. The molecule has 0 spiro atoms. The zero-order valence-corrected chi connectivity index (χ0v) is 14.0. The van der Waals surface area contributed by atoms with Crippen molar-refractivity contribution in [1.29, 1.82) is 0 Å². The largest absolute Gasteiger partial charge is 0.317 e. The first kappa shape index (κ1) is 17.2. The summed E-state index contributed by atoms with van der Waals surface area (Å²) in [6, 6.07) is 6.83. The van der Waals surface area contributed by atoms with Crippen molar-refractivity contribution in [2.24, 2.45) is 0 Å². The van der Waals surface area contributed by atoms with Gasteiger partial charge in [-0.15, -0.1) is 0 Å². The Labute approximate surface area is 126 Å². The second kappa shape index (κ2) is 9.99. The lowest BCUT2D eigenvalue weighted by Crippen LogP contribution is -2.14. The first-order chi connectivity index (χ1) is 9.70. The monoisotopic (exact) mass is 275 g/mol. The van der Waals surface area contributed by atoms with E-state index in [0.29, 0.717) is 5.92 Å². The number of benzene rings is 1. The summed E-state index contributed by atoms with van der Waals surface area (Å²) in [5, 5.41) is 3.28. The molecule has 1 aromatic carbocycles. The molecule has 0 radical (unpaired) electrons. The van der Waals surface area contributed by atoms with E-state index >= 15 is 0 Å². The smallest absolute Gasteiger partial charge is 0.00516 e. The van der Waals surface area contributed by atoms with Crippen LogP contribution in [0.5, 0.6) is 0 Å². The fraction of sp³-hybridized carbons (Fsp3) is 0.684. The fourth-order valence-corrected chi connectivity index (χ4v) is 2.83. The zero-order chi connectivity index (χ0) is 14.8. The van der Waals surface area contributed by atoms with Crippen molar-refractivity contribution < 1.29 is 0 Å². The maximum atomic E-state index is 3.28. The van der Waals surface area contributed by atoms with Crippen LogP contribution in [0.3, 0.4) is 0 Å². The van der Waals surface area contributed by atoms with E-state index in [1.54, 1.807) is 16.7 Å². The SMILES string of the molecule is CC(C)c1cccc2c1CCCC2.CCCNCCC. The average molecular weight is 275 g/mol. The molecule has 2 rings (SSSR count). The number of hydrogen-bond acceptors (Lipinski definition) is 1. The van der Waals surface area contributed by atoms with Gasteiger partial charge in [-0.1, -0.05) is 45.9 Å². The summed E-state index contributed by atoms with van der Waals surface area (Å²) < 4.78 is 0. The third-order valence-electron chi connectivity index (χ3n) is 3.91. The van der Waals surface area contributed by atoms with Crippen LogP contribution < -0.4 is 5.32 Å². The van der Waals surface area contributed by atoms with Crippen LogP contribution in [-0.4, -0.2) is 13.1 Å². The van der Waals surface area contributed by atoms with Crippen LogP contribution in [-0.2, 0) is 12.8 Å². The second-order valence-electron chi connectivity index (χ2n) is 6.10. The van der Waals surface area contributed by atoms with Gasteiger partial charge in [0.2, 0.25) is 0 Å². The van der Waals surface area contributed by atoms with Gasteiger partial charge in [0.25, 0.3) is 0 Å². The van der Waals surface area contributed by atoms with E-state index in [-0.39, 0.29) is 0 Å². The van der Waals surface area contributed by atoms with Crippen molar-refractivity contribution in [3.63, 3.8) is 0 Å². The van der Waals surface area contributed by atoms with Crippen LogP contribution in [0.1, 0.15) is 76.0 Å². The summed E-state index contributed by atoms with van der Waals surface area (Å²) in [4.78, 5) is 0. The van der Waals surface area contributed by atoms with Crippen molar-refractivity contribution in [3.05, 3.63) is 34.9 Å². The maximum absolute atomic E-state index is 3.28. The van der Waals surface area contributed by atoms with E-state index in [9.17, 15) is 0 Å². The molecule has 0 saturated carbocycles. The van der Waals surface area contributed by atoms with E-state index in [1.165, 1.54) is 51.6 Å². The van der Waals surface area contributed by atoms with Crippen molar-refractivity contribution >= 4 is 0 Å². The van der Waals surface area contributed by atoms with E-state index in [1.807, 2.05) is 0 Å². The Bertz CT molecular complexity index is 364. The van der Waals surface area contributed by atoms with Crippen molar-refractivity contribution in [1.82, 2.24) is 5.32 Å².